The predicted molar refractivity (Wildman–Crippen MR) is 112 cm³/mol. The molecule has 0 radical (unpaired) electrons. The SMILES string of the molecule is CN1CCN(c2c(C3CCCN3Cc3ccccn3)nc3ccccn23)CC1. The Labute approximate surface area is 166 Å². The van der Waals surface area contributed by atoms with Crippen LogP contribution >= 0.6 is 0 Å². The van der Waals surface area contributed by atoms with Crippen molar-refractivity contribution in [1.82, 2.24) is 24.2 Å². The molecule has 0 aromatic carbocycles. The van der Waals surface area contributed by atoms with Gasteiger partial charge in [0.15, 0.2) is 0 Å². The number of rotatable bonds is 4. The summed E-state index contributed by atoms with van der Waals surface area (Å²) in [5, 5.41) is 0. The number of likely N-dealkylation sites (N-methyl/N-ethyl adjacent to an activating group) is 1. The molecule has 146 valence electrons. The normalized spacial score (nSPS) is 21.6. The second-order valence-electron chi connectivity index (χ2n) is 7.99. The van der Waals surface area contributed by atoms with Gasteiger partial charge in [0, 0.05) is 45.1 Å². The van der Waals surface area contributed by atoms with Crippen LogP contribution in [0.2, 0.25) is 0 Å². The quantitative estimate of drug-likeness (QED) is 0.700. The fourth-order valence-electron chi connectivity index (χ4n) is 4.58. The Morgan fingerprint density at radius 2 is 1.86 bits per heavy atom. The van der Waals surface area contributed by atoms with Crippen LogP contribution in [0, 0.1) is 0 Å². The first-order chi connectivity index (χ1) is 13.8. The molecule has 6 nitrogen and oxygen atoms in total. The molecule has 1 unspecified atom stereocenters. The predicted octanol–water partition coefficient (Wildman–Crippen LogP) is 2.82. The molecule has 2 aliphatic heterocycles. The van der Waals surface area contributed by atoms with Gasteiger partial charge in [-0.25, -0.2) is 4.98 Å². The first kappa shape index (κ1) is 17.6. The Morgan fingerprint density at radius 3 is 2.68 bits per heavy atom. The van der Waals surface area contributed by atoms with Crippen LogP contribution < -0.4 is 4.90 Å². The number of piperazine rings is 1. The summed E-state index contributed by atoms with van der Waals surface area (Å²) in [4.78, 5) is 17.2. The number of imidazole rings is 1. The summed E-state index contributed by atoms with van der Waals surface area (Å²) >= 11 is 0. The van der Waals surface area contributed by atoms with E-state index in [0.29, 0.717) is 6.04 Å². The number of likely N-dealkylation sites (tertiary alicyclic amines) is 1. The van der Waals surface area contributed by atoms with Crippen molar-refractivity contribution >= 4 is 11.5 Å². The standard InChI is InChI=1S/C22H28N6/c1-25-13-15-26(16-14-25)22-21(24-20-9-3-5-12-28(20)22)19-8-6-11-27(19)17-18-7-2-4-10-23-18/h2-5,7,9-10,12,19H,6,8,11,13-17H2,1H3. The molecule has 28 heavy (non-hydrogen) atoms. The summed E-state index contributed by atoms with van der Waals surface area (Å²) in [7, 11) is 2.21. The van der Waals surface area contributed by atoms with Crippen molar-refractivity contribution < 1.29 is 0 Å². The largest absolute Gasteiger partial charge is 0.354 e. The first-order valence-corrected chi connectivity index (χ1v) is 10.3. The minimum absolute atomic E-state index is 0.358. The summed E-state index contributed by atoms with van der Waals surface area (Å²) in [5.41, 5.74) is 3.43. The first-order valence-electron chi connectivity index (χ1n) is 10.3. The van der Waals surface area contributed by atoms with Crippen molar-refractivity contribution in [3.8, 4) is 0 Å². The van der Waals surface area contributed by atoms with E-state index in [0.717, 1.165) is 57.0 Å². The van der Waals surface area contributed by atoms with Gasteiger partial charge in [-0.3, -0.25) is 14.3 Å². The lowest BCUT2D eigenvalue weighted by molar-refractivity contribution is 0.241. The van der Waals surface area contributed by atoms with Crippen molar-refractivity contribution in [3.63, 3.8) is 0 Å². The topological polar surface area (TPSA) is 39.9 Å². The van der Waals surface area contributed by atoms with Gasteiger partial charge < -0.3 is 9.80 Å². The van der Waals surface area contributed by atoms with E-state index in [2.05, 4.69) is 67.7 Å². The second-order valence-corrected chi connectivity index (χ2v) is 7.99. The van der Waals surface area contributed by atoms with E-state index < -0.39 is 0 Å². The molecule has 5 heterocycles. The maximum atomic E-state index is 5.13. The highest BCUT2D eigenvalue weighted by atomic mass is 15.3. The summed E-state index contributed by atoms with van der Waals surface area (Å²) in [6.45, 7) is 6.31. The van der Waals surface area contributed by atoms with Gasteiger partial charge in [0.05, 0.1) is 11.7 Å². The van der Waals surface area contributed by atoms with Gasteiger partial charge >= 0.3 is 0 Å². The third-order valence-electron chi connectivity index (χ3n) is 6.10. The van der Waals surface area contributed by atoms with Crippen molar-refractivity contribution in [2.24, 2.45) is 0 Å². The highest BCUT2D eigenvalue weighted by Crippen LogP contribution is 2.38. The zero-order chi connectivity index (χ0) is 18.9. The van der Waals surface area contributed by atoms with Crippen LogP contribution in [0.25, 0.3) is 5.65 Å². The van der Waals surface area contributed by atoms with Crippen molar-refractivity contribution in [2.45, 2.75) is 25.4 Å². The van der Waals surface area contributed by atoms with E-state index in [9.17, 15) is 0 Å². The summed E-state index contributed by atoms with van der Waals surface area (Å²) in [6.07, 6.45) is 6.43. The molecule has 0 amide bonds. The van der Waals surface area contributed by atoms with Gasteiger partial charge in [-0.2, -0.15) is 0 Å². The molecular formula is C22H28N6. The molecule has 1 atom stereocenters. The molecule has 0 bridgehead atoms. The lowest BCUT2D eigenvalue weighted by atomic mass is 10.1. The van der Waals surface area contributed by atoms with Gasteiger partial charge in [-0.05, 0) is 50.7 Å². The number of hydrogen-bond acceptors (Lipinski definition) is 5. The third kappa shape index (κ3) is 3.27. The monoisotopic (exact) mass is 376 g/mol. The average molecular weight is 377 g/mol. The Bertz CT molecular complexity index is 929. The lowest BCUT2D eigenvalue weighted by Gasteiger charge is -2.35. The van der Waals surface area contributed by atoms with Crippen LogP contribution in [-0.4, -0.2) is 63.9 Å². The third-order valence-corrected chi connectivity index (χ3v) is 6.10. The van der Waals surface area contributed by atoms with E-state index in [1.807, 2.05) is 12.3 Å². The second kappa shape index (κ2) is 7.53. The van der Waals surface area contributed by atoms with Crippen molar-refractivity contribution in [3.05, 3.63) is 60.2 Å². The molecule has 3 aromatic rings. The van der Waals surface area contributed by atoms with Gasteiger partial charge in [-0.15, -0.1) is 0 Å². The maximum Gasteiger partial charge on any atom is 0.138 e. The Morgan fingerprint density at radius 1 is 1.00 bits per heavy atom. The van der Waals surface area contributed by atoms with Crippen molar-refractivity contribution in [2.75, 3.05) is 44.7 Å². The highest BCUT2D eigenvalue weighted by Gasteiger charge is 2.33. The summed E-state index contributed by atoms with van der Waals surface area (Å²) in [5.74, 6) is 1.29. The van der Waals surface area contributed by atoms with E-state index in [4.69, 9.17) is 4.98 Å². The number of fused-ring (bicyclic) bond motifs is 1. The molecular weight excluding hydrogens is 348 g/mol. The molecule has 6 heteroatoms. The van der Waals surface area contributed by atoms with Crippen LogP contribution in [0.4, 0.5) is 5.82 Å². The fraction of sp³-hybridized carbons (Fsp3) is 0.455. The van der Waals surface area contributed by atoms with Crippen LogP contribution in [-0.2, 0) is 6.54 Å². The molecule has 2 saturated heterocycles. The lowest BCUT2D eigenvalue weighted by Crippen LogP contribution is -2.45. The Balaban J connectivity index is 1.51. The smallest absolute Gasteiger partial charge is 0.138 e. The molecule has 0 spiro atoms. The van der Waals surface area contributed by atoms with Gasteiger partial charge in [0.1, 0.15) is 17.2 Å². The number of hydrogen-bond donors (Lipinski definition) is 0. The number of aromatic nitrogens is 3. The van der Waals surface area contributed by atoms with Gasteiger partial charge in [0.25, 0.3) is 0 Å². The van der Waals surface area contributed by atoms with E-state index >= 15 is 0 Å². The molecule has 3 aromatic heterocycles. The average Bonchev–Trinajstić information content (AvgIpc) is 3.33. The van der Waals surface area contributed by atoms with Crippen LogP contribution in [0.3, 0.4) is 0 Å². The minimum Gasteiger partial charge on any atom is -0.354 e. The van der Waals surface area contributed by atoms with E-state index in [-0.39, 0.29) is 0 Å². The zero-order valence-electron chi connectivity index (χ0n) is 16.5. The fourth-order valence-corrected chi connectivity index (χ4v) is 4.58. The number of anilines is 1. The number of nitrogens with zero attached hydrogens (tertiary/aromatic N) is 6. The van der Waals surface area contributed by atoms with Crippen LogP contribution in [0.15, 0.2) is 48.8 Å². The molecule has 0 saturated carbocycles. The molecule has 0 aliphatic carbocycles. The number of pyridine rings is 2. The van der Waals surface area contributed by atoms with Gasteiger partial charge in [0.2, 0.25) is 0 Å². The van der Waals surface area contributed by atoms with E-state index in [1.165, 1.54) is 17.9 Å². The molecule has 5 rings (SSSR count). The summed E-state index contributed by atoms with van der Waals surface area (Å²) < 4.78 is 2.29. The van der Waals surface area contributed by atoms with Crippen molar-refractivity contribution in [1.29, 1.82) is 0 Å². The Kier molecular flexibility index (Phi) is 4.74. The molecule has 2 aliphatic rings. The molecule has 2 fully saturated rings. The minimum atomic E-state index is 0.358. The summed E-state index contributed by atoms with van der Waals surface area (Å²) in [6, 6.07) is 12.9. The highest BCUT2D eigenvalue weighted by molar-refractivity contribution is 5.58. The van der Waals surface area contributed by atoms with Crippen LogP contribution in [0.1, 0.15) is 30.3 Å². The zero-order valence-corrected chi connectivity index (χ0v) is 16.5. The van der Waals surface area contributed by atoms with Crippen LogP contribution in [0.5, 0.6) is 0 Å². The Hall–Kier alpha value is -2.44. The maximum absolute atomic E-state index is 5.13. The molecule has 0 N–H and O–H groups in total. The van der Waals surface area contributed by atoms with Gasteiger partial charge in [-0.1, -0.05) is 12.1 Å². The van der Waals surface area contributed by atoms with E-state index in [1.54, 1.807) is 0 Å².